The Balaban J connectivity index is 2.16. The van der Waals surface area contributed by atoms with Crippen molar-refractivity contribution in [2.24, 2.45) is 0 Å². The predicted molar refractivity (Wildman–Crippen MR) is 88.8 cm³/mol. The van der Waals surface area contributed by atoms with E-state index in [0.29, 0.717) is 5.56 Å². The highest BCUT2D eigenvalue weighted by atomic mass is 127. The molecular weight excluding hydrogens is 371 g/mol. The zero-order valence-corrected chi connectivity index (χ0v) is 13.8. The minimum absolute atomic E-state index is 0.0506. The number of rotatable bonds is 4. The van der Waals surface area contributed by atoms with E-state index in [2.05, 4.69) is 32.8 Å². The Kier molecular flexibility index (Phi) is 4.95. The molecule has 1 aromatic heterocycles. The largest absolute Gasteiger partial charge is 0.322 e. The van der Waals surface area contributed by atoms with Crippen LogP contribution in [0.4, 0.5) is 5.69 Å². The van der Waals surface area contributed by atoms with Crippen molar-refractivity contribution in [1.29, 1.82) is 0 Å². The molecular formula is C14H15IN2OS. The number of carbonyl (C=O) groups excluding carboxylic acids is 1. The van der Waals surface area contributed by atoms with Crippen LogP contribution in [0.25, 0.3) is 0 Å². The zero-order chi connectivity index (χ0) is 13.8. The number of amides is 1. The minimum atomic E-state index is -0.0506. The van der Waals surface area contributed by atoms with E-state index in [4.69, 9.17) is 0 Å². The Hall–Kier alpha value is -0.920. The summed E-state index contributed by atoms with van der Waals surface area (Å²) in [6.07, 6.45) is 0. The van der Waals surface area contributed by atoms with Gasteiger partial charge < -0.3 is 10.2 Å². The van der Waals surface area contributed by atoms with Crippen molar-refractivity contribution in [1.82, 2.24) is 4.90 Å². The lowest BCUT2D eigenvalue weighted by molar-refractivity contribution is 0.102. The summed E-state index contributed by atoms with van der Waals surface area (Å²) in [6, 6.07) is 9.80. The first-order valence-corrected chi connectivity index (χ1v) is 7.80. The van der Waals surface area contributed by atoms with Crippen LogP contribution in [0.5, 0.6) is 0 Å². The van der Waals surface area contributed by atoms with Gasteiger partial charge in [-0.3, -0.25) is 4.79 Å². The van der Waals surface area contributed by atoms with Gasteiger partial charge in [-0.2, -0.15) is 0 Å². The van der Waals surface area contributed by atoms with Gasteiger partial charge in [0.25, 0.3) is 5.91 Å². The number of anilines is 1. The molecule has 0 saturated heterocycles. The number of para-hydroxylation sites is 1. The van der Waals surface area contributed by atoms with Gasteiger partial charge in [0, 0.05) is 17.6 Å². The summed E-state index contributed by atoms with van der Waals surface area (Å²) in [7, 11) is 4.03. The summed E-state index contributed by atoms with van der Waals surface area (Å²) in [5.41, 5.74) is 2.71. The van der Waals surface area contributed by atoms with Crippen LogP contribution in [-0.2, 0) is 6.54 Å². The van der Waals surface area contributed by atoms with Gasteiger partial charge in [-0.25, -0.2) is 0 Å². The molecule has 1 amide bonds. The molecule has 0 aliphatic carbocycles. The van der Waals surface area contributed by atoms with E-state index in [9.17, 15) is 4.79 Å². The molecule has 0 spiro atoms. The standard InChI is InChI=1S/C14H15IN2OS/c1-17(2)8-10-5-3-4-6-12(10)16-14(18)11-7-13(15)19-9-11/h3-7,9H,8H2,1-2H3,(H,16,18). The van der Waals surface area contributed by atoms with Crippen LogP contribution < -0.4 is 5.32 Å². The second kappa shape index (κ2) is 6.49. The zero-order valence-electron chi connectivity index (χ0n) is 10.8. The number of hydrogen-bond donors (Lipinski definition) is 1. The van der Waals surface area contributed by atoms with E-state index in [0.717, 1.165) is 20.7 Å². The van der Waals surface area contributed by atoms with Crippen molar-refractivity contribution >= 4 is 45.5 Å². The number of carbonyl (C=O) groups is 1. The first-order valence-electron chi connectivity index (χ1n) is 5.84. The highest BCUT2D eigenvalue weighted by molar-refractivity contribution is 14.1. The molecule has 19 heavy (non-hydrogen) atoms. The van der Waals surface area contributed by atoms with Crippen molar-refractivity contribution < 1.29 is 4.79 Å². The maximum absolute atomic E-state index is 12.1. The molecule has 0 radical (unpaired) electrons. The maximum Gasteiger partial charge on any atom is 0.256 e. The van der Waals surface area contributed by atoms with Gasteiger partial charge in [-0.1, -0.05) is 18.2 Å². The smallest absolute Gasteiger partial charge is 0.256 e. The Labute approximate surface area is 130 Å². The second-order valence-corrected chi connectivity index (χ2v) is 7.29. The molecule has 0 saturated carbocycles. The number of thiophene rings is 1. The summed E-state index contributed by atoms with van der Waals surface area (Å²) >= 11 is 3.80. The third kappa shape index (κ3) is 4.02. The minimum Gasteiger partial charge on any atom is -0.322 e. The highest BCUT2D eigenvalue weighted by Crippen LogP contribution is 2.20. The lowest BCUT2D eigenvalue weighted by atomic mass is 10.1. The molecule has 0 atom stereocenters. The number of hydrogen-bond acceptors (Lipinski definition) is 3. The summed E-state index contributed by atoms with van der Waals surface area (Å²) in [4.78, 5) is 14.2. The molecule has 0 aliphatic rings. The van der Waals surface area contributed by atoms with Crippen molar-refractivity contribution in [3.05, 3.63) is 49.7 Å². The topological polar surface area (TPSA) is 32.3 Å². The number of halogens is 1. The molecule has 0 unspecified atom stereocenters. The lowest BCUT2D eigenvalue weighted by Gasteiger charge is -2.14. The normalized spacial score (nSPS) is 10.7. The number of nitrogens with zero attached hydrogens (tertiary/aromatic N) is 1. The van der Waals surface area contributed by atoms with Gasteiger partial charge in [0.15, 0.2) is 0 Å². The van der Waals surface area contributed by atoms with Crippen molar-refractivity contribution in [3.63, 3.8) is 0 Å². The Bertz CT molecular complexity index is 580. The first-order chi connectivity index (χ1) is 9.06. The molecule has 100 valence electrons. The van der Waals surface area contributed by atoms with Gasteiger partial charge in [0.2, 0.25) is 0 Å². The van der Waals surface area contributed by atoms with E-state index in [1.54, 1.807) is 11.3 Å². The lowest BCUT2D eigenvalue weighted by Crippen LogP contribution is -2.16. The average molecular weight is 386 g/mol. The summed E-state index contributed by atoms with van der Waals surface area (Å²) in [5.74, 6) is -0.0506. The van der Waals surface area contributed by atoms with Crippen LogP contribution in [0, 0.1) is 2.88 Å². The van der Waals surface area contributed by atoms with Crippen LogP contribution in [-0.4, -0.2) is 24.9 Å². The molecule has 1 N–H and O–H groups in total. The summed E-state index contributed by atoms with van der Waals surface area (Å²) in [6.45, 7) is 0.803. The van der Waals surface area contributed by atoms with E-state index in [-0.39, 0.29) is 5.91 Å². The molecule has 1 aromatic carbocycles. The van der Waals surface area contributed by atoms with Crippen LogP contribution in [0.1, 0.15) is 15.9 Å². The molecule has 0 fully saturated rings. The van der Waals surface area contributed by atoms with E-state index in [1.165, 1.54) is 0 Å². The Morgan fingerprint density at radius 1 is 1.37 bits per heavy atom. The van der Waals surface area contributed by atoms with Crippen molar-refractivity contribution in [2.45, 2.75) is 6.54 Å². The molecule has 0 aliphatic heterocycles. The quantitative estimate of drug-likeness (QED) is 0.814. The van der Waals surface area contributed by atoms with E-state index in [1.807, 2.05) is 49.8 Å². The number of benzene rings is 1. The highest BCUT2D eigenvalue weighted by Gasteiger charge is 2.10. The average Bonchev–Trinajstić information content (AvgIpc) is 2.78. The molecule has 2 aromatic rings. The third-order valence-electron chi connectivity index (χ3n) is 2.58. The maximum atomic E-state index is 12.1. The predicted octanol–water partition coefficient (Wildman–Crippen LogP) is 3.67. The van der Waals surface area contributed by atoms with Crippen LogP contribution in [0.2, 0.25) is 0 Å². The summed E-state index contributed by atoms with van der Waals surface area (Å²) < 4.78 is 1.12. The fourth-order valence-corrected chi connectivity index (χ4v) is 3.07. The molecule has 5 heteroatoms. The fraction of sp³-hybridized carbons (Fsp3) is 0.214. The van der Waals surface area contributed by atoms with Crippen molar-refractivity contribution in [3.8, 4) is 0 Å². The molecule has 0 bridgehead atoms. The van der Waals surface area contributed by atoms with Gasteiger partial charge in [0.1, 0.15) is 0 Å². The van der Waals surface area contributed by atoms with Gasteiger partial charge in [0.05, 0.1) is 8.45 Å². The van der Waals surface area contributed by atoms with Crippen LogP contribution in [0.3, 0.4) is 0 Å². The molecule has 3 nitrogen and oxygen atoms in total. The second-order valence-electron chi connectivity index (χ2n) is 4.49. The SMILES string of the molecule is CN(C)Cc1ccccc1NC(=O)c1csc(I)c1. The number of nitrogens with one attached hydrogen (secondary N) is 1. The van der Waals surface area contributed by atoms with Crippen LogP contribution in [0.15, 0.2) is 35.7 Å². The van der Waals surface area contributed by atoms with E-state index >= 15 is 0 Å². The third-order valence-corrected chi connectivity index (χ3v) is 4.37. The van der Waals surface area contributed by atoms with Gasteiger partial charge >= 0.3 is 0 Å². The van der Waals surface area contributed by atoms with Crippen LogP contribution >= 0.6 is 33.9 Å². The van der Waals surface area contributed by atoms with Gasteiger partial charge in [-0.15, -0.1) is 11.3 Å². The fourth-order valence-electron chi connectivity index (χ4n) is 1.74. The summed E-state index contributed by atoms with van der Waals surface area (Å²) in [5, 5.41) is 4.86. The van der Waals surface area contributed by atoms with Crippen molar-refractivity contribution in [2.75, 3.05) is 19.4 Å². The van der Waals surface area contributed by atoms with E-state index < -0.39 is 0 Å². The Morgan fingerprint density at radius 2 is 2.11 bits per heavy atom. The Morgan fingerprint density at radius 3 is 2.74 bits per heavy atom. The molecule has 1 heterocycles. The van der Waals surface area contributed by atoms with Gasteiger partial charge in [-0.05, 0) is 54.4 Å². The first kappa shape index (κ1) is 14.5. The monoisotopic (exact) mass is 386 g/mol. The molecule has 2 rings (SSSR count).